The Bertz CT molecular complexity index is 778. The van der Waals surface area contributed by atoms with Crippen molar-refractivity contribution in [3.63, 3.8) is 0 Å². The first-order chi connectivity index (χ1) is 12.6. The van der Waals surface area contributed by atoms with Crippen molar-refractivity contribution in [3.8, 4) is 0 Å². The zero-order valence-electron chi connectivity index (χ0n) is 14.4. The molecule has 1 aromatic heterocycles. The topological polar surface area (TPSA) is 62.6 Å². The van der Waals surface area contributed by atoms with Gasteiger partial charge in [-0.3, -0.25) is 9.59 Å². The number of nitrogens with one attached hydrogen (secondary N) is 1. The molecule has 0 atom stereocenters. The molecule has 0 radical (unpaired) electrons. The largest absolute Gasteiger partial charge is 0.467 e. The molecule has 1 aromatic carbocycles. The van der Waals surface area contributed by atoms with Crippen LogP contribution in [-0.4, -0.2) is 29.8 Å². The van der Waals surface area contributed by atoms with E-state index in [1.54, 1.807) is 35.4 Å². The maximum absolute atomic E-state index is 13.6. The van der Waals surface area contributed by atoms with E-state index in [2.05, 4.69) is 5.32 Å². The van der Waals surface area contributed by atoms with Crippen LogP contribution in [0, 0.1) is 11.7 Å². The van der Waals surface area contributed by atoms with Crippen LogP contribution in [0.4, 0.5) is 4.39 Å². The Morgan fingerprint density at radius 1 is 1.19 bits per heavy atom. The first-order valence-corrected chi connectivity index (χ1v) is 8.65. The van der Waals surface area contributed by atoms with E-state index in [-0.39, 0.29) is 23.5 Å². The van der Waals surface area contributed by atoms with Gasteiger partial charge in [-0.2, -0.15) is 0 Å². The zero-order valence-corrected chi connectivity index (χ0v) is 14.4. The van der Waals surface area contributed by atoms with Gasteiger partial charge in [-0.15, -0.1) is 0 Å². The third-order valence-corrected chi connectivity index (χ3v) is 4.51. The maximum Gasteiger partial charge on any atom is 0.246 e. The molecule has 1 fully saturated rings. The first kappa shape index (κ1) is 17.9. The summed E-state index contributed by atoms with van der Waals surface area (Å²) in [4.78, 5) is 26.1. The van der Waals surface area contributed by atoms with Crippen molar-refractivity contribution >= 4 is 17.9 Å². The Labute approximate surface area is 151 Å². The lowest BCUT2D eigenvalue weighted by Gasteiger charge is -2.30. The highest BCUT2D eigenvalue weighted by Crippen LogP contribution is 2.18. The summed E-state index contributed by atoms with van der Waals surface area (Å²) < 4.78 is 18.8. The van der Waals surface area contributed by atoms with Gasteiger partial charge in [0.1, 0.15) is 11.6 Å². The lowest BCUT2D eigenvalue weighted by Crippen LogP contribution is -2.42. The van der Waals surface area contributed by atoms with Crippen LogP contribution in [0.5, 0.6) is 0 Å². The quantitative estimate of drug-likeness (QED) is 0.838. The van der Waals surface area contributed by atoms with Crippen LogP contribution >= 0.6 is 0 Å². The highest BCUT2D eigenvalue weighted by atomic mass is 19.1. The Balaban J connectivity index is 1.46. The van der Waals surface area contributed by atoms with Crippen molar-refractivity contribution < 1.29 is 18.4 Å². The molecule has 1 aliphatic rings. The molecule has 136 valence electrons. The smallest absolute Gasteiger partial charge is 0.246 e. The molecule has 1 aliphatic heterocycles. The van der Waals surface area contributed by atoms with E-state index >= 15 is 0 Å². The molecule has 1 saturated heterocycles. The van der Waals surface area contributed by atoms with Crippen molar-refractivity contribution in [1.29, 1.82) is 0 Å². The fourth-order valence-electron chi connectivity index (χ4n) is 2.97. The minimum atomic E-state index is -0.358. The Morgan fingerprint density at radius 2 is 1.96 bits per heavy atom. The van der Waals surface area contributed by atoms with Gasteiger partial charge in [0.2, 0.25) is 11.8 Å². The Kier molecular flexibility index (Phi) is 5.84. The molecule has 0 spiro atoms. The summed E-state index contributed by atoms with van der Waals surface area (Å²) in [7, 11) is 0. The summed E-state index contributed by atoms with van der Waals surface area (Å²) >= 11 is 0. The van der Waals surface area contributed by atoms with E-state index in [1.165, 1.54) is 18.2 Å². The van der Waals surface area contributed by atoms with Crippen molar-refractivity contribution in [3.05, 3.63) is 65.9 Å². The van der Waals surface area contributed by atoms with E-state index in [0.717, 1.165) is 0 Å². The Morgan fingerprint density at radius 3 is 2.65 bits per heavy atom. The van der Waals surface area contributed by atoms with Crippen LogP contribution in [0.15, 0.2) is 53.2 Å². The standard InChI is InChI=1S/C20H21FN2O3/c21-18-6-2-1-4-15(18)7-8-19(24)23-11-9-16(10-12-23)20(25)22-14-17-5-3-13-26-17/h1-8,13,16H,9-12,14H2,(H,22,25)/b8-7+. The van der Waals surface area contributed by atoms with Gasteiger partial charge in [-0.1, -0.05) is 18.2 Å². The second-order valence-electron chi connectivity index (χ2n) is 6.25. The van der Waals surface area contributed by atoms with Crippen molar-refractivity contribution in [2.24, 2.45) is 5.92 Å². The van der Waals surface area contributed by atoms with Gasteiger partial charge in [0.05, 0.1) is 12.8 Å². The van der Waals surface area contributed by atoms with Crippen LogP contribution in [-0.2, 0) is 16.1 Å². The second kappa shape index (κ2) is 8.47. The molecule has 1 N–H and O–H groups in total. The van der Waals surface area contributed by atoms with Gasteiger partial charge < -0.3 is 14.6 Å². The number of hydrogen-bond donors (Lipinski definition) is 1. The lowest BCUT2D eigenvalue weighted by atomic mass is 9.96. The van der Waals surface area contributed by atoms with Gasteiger partial charge in [-0.05, 0) is 37.1 Å². The molecule has 0 aliphatic carbocycles. The maximum atomic E-state index is 13.6. The molecule has 2 amide bonds. The van der Waals surface area contributed by atoms with Gasteiger partial charge in [0, 0.05) is 30.6 Å². The fourth-order valence-corrected chi connectivity index (χ4v) is 2.97. The number of hydrogen-bond acceptors (Lipinski definition) is 3. The van der Waals surface area contributed by atoms with Crippen LogP contribution in [0.2, 0.25) is 0 Å². The predicted molar refractivity (Wildman–Crippen MR) is 95.3 cm³/mol. The van der Waals surface area contributed by atoms with E-state index in [0.29, 0.717) is 43.8 Å². The van der Waals surface area contributed by atoms with Crippen LogP contribution in [0.1, 0.15) is 24.2 Å². The highest BCUT2D eigenvalue weighted by molar-refractivity contribution is 5.92. The number of carbonyl (C=O) groups excluding carboxylic acids is 2. The van der Waals surface area contributed by atoms with Gasteiger partial charge in [0.25, 0.3) is 0 Å². The summed E-state index contributed by atoms with van der Waals surface area (Å²) in [5.74, 6) is 0.0652. The van der Waals surface area contributed by atoms with Crippen LogP contribution in [0.3, 0.4) is 0 Å². The van der Waals surface area contributed by atoms with Crippen LogP contribution in [0.25, 0.3) is 6.08 Å². The molecule has 0 saturated carbocycles. The number of halogens is 1. The fraction of sp³-hybridized carbons (Fsp3) is 0.300. The molecule has 6 heteroatoms. The van der Waals surface area contributed by atoms with Gasteiger partial charge in [0.15, 0.2) is 0 Å². The molecule has 2 aromatic rings. The summed E-state index contributed by atoms with van der Waals surface area (Å²) in [5.41, 5.74) is 0.382. The zero-order chi connectivity index (χ0) is 18.4. The number of piperidine rings is 1. The molecular weight excluding hydrogens is 335 g/mol. The van der Waals surface area contributed by atoms with Crippen LogP contribution < -0.4 is 5.32 Å². The lowest BCUT2D eigenvalue weighted by molar-refractivity contribution is -0.132. The van der Waals surface area contributed by atoms with E-state index < -0.39 is 0 Å². The molecule has 3 rings (SSSR count). The van der Waals surface area contributed by atoms with Gasteiger partial charge >= 0.3 is 0 Å². The number of rotatable bonds is 5. The second-order valence-corrected chi connectivity index (χ2v) is 6.25. The van der Waals surface area contributed by atoms with Gasteiger partial charge in [-0.25, -0.2) is 4.39 Å². The average Bonchev–Trinajstić information content (AvgIpc) is 3.19. The average molecular weight is 356 g/mol. The summed E-state index contributed by atoms with van der Waals surface area (Å²) in [6.07, 6.45) is 5.67. The molecule has 0 bridgehead atoms. The summed E-state index contributed by atoms with van der Waals surface area (Å²) in [6.45, 7) is 1.40. The Hall–Kier alpha value is -2.89. The predicted octanol–water partition coefficient (Wildman–Crippen LogP) is 2.99. The highest BCUT2D eigenvalue weighted by Gasteiger charge is 2.26. The minimum Gasteiger partial charge on any atom is -0.467 e. The third-order valence-electron chi connectivity index (χ3n) is 4.51. The van der Waals surface area contributed by atoms with Crippen molar-refractivity contribution in [2.45, 2.75) is 19.4 Å². The number of carbonyl (C=O) groups is 2. The molecule has 5 nitrogen and oxygen atoms in total. The summed E-state index contributed by atoms with van der Waals surface area (Å²) in [5, 5.41) is 2.86. The van der Waals surface area contributed by atoms with E-state index in [1.807, 2.05) is 6.07 Å². The van der Waals surface area contributed by atoms with E-state index in [9.17, 15) is 14.0 Å². The monoisotopic (exact) mass is 356 g/mol. The SMILES string of the molecule is O=C(NCc1ccco1)C1CCN(C(=O)/C=C/c2ccccc2F)CC1. The van der Waals surface area contributed by atoms with Crippen molar-refractivity contribution in [1.82, 2.24) is 10.2 Å². The molecule has 0 unspecified atom stereocenters. The molecular formula is C20H21FN2O3. The third kappa shape index (κ3) is 4.59. The normalized spacial score (nSPS) is 15.3. The molecule has 2 heterocycles. The minimum absolute atomic E-state index is 0.0182. The number of nitrogens with zero attached hydrogens (tertiary/aromatic N) is 1. The summed E-state index contributed by atoms with van der Waals surface area (Å²) in [6, 6.07) is 9.89. The number of likely N-dealkylation sites (tertiary alicyclic amines) is 1. The number of furan rings is 1. The number of amides is 2. The molecule has 26 heavy (non-hydrogen) atoms. The number of benzene rings is 1. The van der Waals surface area contributed by atoms with Crippen molar-refractivity contribution in [2.75, 3.05) is 13.1 Å². The van der Waals surface area contributed by atoms with E-state index in [4.69, 9.17) is 4.42 Å². The first-order valence-electron chi connectivity index (χ1n) is 8.65.